The van der Waals surface area contributed by atoms with Crippen molar-refractivity contribution in [3.63, 3.8) is 0 Å². The topological polar surface area (TPSA) is 37.3 Å². The van der Waals surface area contributed by atoms with Crippen molar-refractivity contribution in [3.8, 4) is 0 Å². The molecule has 0 spiro atoms. The lowest BCUT2D eigenvalue weighted by Gasteiger charge is -1.97. The van der Waals surface area contributed by atoms with Crippen LogP contribution in [0.5, 0.6) is 0 Å². The number of aliphatic carboxylic acids is 1. The molecule has 0 aliphatic carbocycles. The molecule has 0 saturated heterocycles. The fourth-order valence-electron chi connectivity index (χ4n) is 1.50. The molecule has 0 amide bonds. The average molecular weight is 224 g/mol. The van der Waals surface area contributed by atoms with Crippen molar-refractivity contribution in [1.29, 1.82) is 0 Å². The van der Waals surface area contributed by atoms with Crippen molar-refractivity contribution >= 4 is 5.97 Å². The highest BCUT2D eigenvalue weighted by Gasteiger charge is 1.95. The van der Waals surface area contributed by atoms with Crippen molar-refractivity contribution in [2.45, 2.75) is 58.3 Å². The average Bonchev–Trinajstić information content (AvgIpc) is 2.25. The summed E-state index contributed by atoms with van der Waals surface area (Å²) in [6.07, 6.45) is 16.6. The van der Waals surface area contributed by atoms with Crippen molar-refractivity contribution < 1.29 is 9.90 Å². The minimum absolute atomic E-state index is 0.323. The molecule has 0 fully saturated rings. The predicted molar refractivity (Wildman–Crippen MR) is 68.5 cm³/mol. The molecule has 0 aliphatic rings. The molecule has 2 nitrogen and oxygen atoms in total. The fourth-order valence-corrected chi connectivity index (χ4v) is 1.50. The molecule has 0 bridgehead atoms. The molecule has 0 radical (unpaired) electrons. The van der Waals surface area contributed by atoms with Crippen LogP contribution in [-0.4, -0.2) is 11.1 Å². The lowest BCUT2D eigenvalue weighted by Crippen LogP contribution is -1.93. The molecule has 0 aromatic rings. The van der Waals surface area contributed by atoms with Crippen LogP contribution in [0.2, 0.25) is 0 Å². The molecule has 0 heterocycles. The van der Waals surface area contributed by atoms with Gasteiger partial charge >= 0.3 is 5.97 Å². The van der Waals surface area contributed by atoms with Gasteiger partial charge in [-0.05, 0) is 32.6 Å². The third-order valence-electron chi connectivity index (χ3n) is 2.44. The summed E-state index contributed by atoms with van der Waals surface area (Å²) in [5.41, 5.74) is 0. The minimum Gasteiger partial charge on any atom is -0.481 e. The van der Waals surface area contributed by atoms with E-state index in [2.05, 4.69) is 24.3 Å². The molecule has 0 rings (SSSR count). The first kappa shape index (κ1) is 14.9. The van der Waals surface area contributed by atoms with Gasteiger partial charge in [0, 0.05) is 6.42 Å². The van der Waals surface area contributed by atoms with Crippen LogP contribution in [0.3, 0.4) is 0 Å². The Kier molecular flexibility index (Phi) is 11.2. The normalized spacial score (nSPS) is 11.6. The van der Waals surface area contributed by atoms with E-state index in [1.54, 1.807) is 0 Å². The molecule has 16 heavy (non-hydrogen) atoms. The van der Waals surface area contributed by atoms with Crippen LogP contribution in [0.15, 0.2) is 24.3 Å². The summed E-state index contributed by atoms with van der Waals surface area (Å²) < 4.78 is 0. The van der Waals surface area contributed by atoms with Gasteiger partial charge in [-0.3, -0.25) is 4.79 Å². The molecule has 1 N–H and O–H groups in total. The van der Waals surface area contributed by atoms with Crippen LogP contribution in [-0.2, 0) is 4.79 Å². The zero-order valence-electron chi connectivity index (χ0n) is 10.3. The zero-order chi connectivity index (χ0) is 12.1. The first-order chi connectivity index (χ1) is 7.77. The van der Waals surface area contributed by atoms with Crippen LogP contribution in [0.25, 0.3) is 0 Å². The molecule has 0 unspecified atom stereocenters. The highest BCUT2D eigenvalue weighted by molar-refractivity contribution is 5.66. The van der Waals surface area contributed by atoms with E-state index in [4.69, 9.17) is 5.11 Å². The second kappa shape index (κ2) is 12.0. The monoisotopic (exact) mass is 224 g/mol. The van der Waals surface area contributed by atoms with Crippen LogP contribution in [0, 0.1) is 0 Å². The van der Waals surface area contributed by atoms with Gasteiger partial charge in [0.1, 0.15) is 0 Å². The molecule has 2 heteroatoms. The van der Waals surface area contributed by atoms with Crippen LogP contribution >= 0.6 is 0 Å². The molecule has 0 atom stereocenters. The van der Waals surface area contributed by atoms with E-state index >= 15 is 0 Å². The van der Waals surface area contributed by atoms with E-state index in [-0.39, 0.29) is 0 Å². The molecule has 0 aliphatic heterocycles. The van der Waals surface area contributed by atoms with Gasteiger partial charge in [0.25, 0.3) is 0 Å². The third kappa shape index (κ3) is 12.9. The van der Waals surface area contributed by atoms with E-state index in [9.17, 15) is 4.79 Å². The maximum atomic E-state index is 10.2. The van der Waals surface area contributed by atoms with Crippen LogP contribution in [0.1, 0.15) is 58.3 Å². The molecular weight excluding hydrogens is 200 g/mol. The number of hydrogen-bond donors (Lipinski definition) is 1. The standard InChI is InChI=1S/C14H24O2/c1-2-3-4-5-6-7-8-9-10-11-12-13-14(15)16/h2-3,5-6H,4,7-13H2,1H3,(H,15,16). The smallest absolute Gasteiger partial charge is 0.303 e. The maximum absolute atomic E-state index is 10.2. The summed E-state index contributed by atoms with van der Waals surface area (Å²) in [4.78, 5) is 10.2. The van der Waals surface area contributed by atoms with Crippen molar-refractivity contribution in [2.75, 3.05) is 0 Å². The van der Waals surface area contributed by atoms with E-state index in [1.807, 2.05) is 6.92 Å². The van der Waals surface area contributed by atoms with E-state index in [0.717, 1.165) is 32.1 Å². The summed E-state index contributed by atoms with van der Waals surface area (Å²) in [6.45, 7) is 2.03. The summed E-state index contributed by atoms with van der Waals surface area (Å²) in [7, 11) is 0. The zero-order valence-corrected chi connectivity index (χ0v) is 10.3. The third-order valence-corrected chi connectivity index (χ3v) is 2.44. The number of allylic oxidation sites excluding steroid dienone is 4. The number of rotatable bonds is 10. The number of unbranched alkanes of at least 4 members (excludes halogenated alkanes) is 5. The molecule has 92 valence electrons. The Balaban J connectivity index is 3.09. The van der Waals surface area contributed by atoms with E-state index in [1.165, 1.54) is 12.8 Å². The minimum atomic E-state index is -0.674. The highest BCUT2D eigenvalue weighted by atomic mass is 16.4. The summed E-state index contributed by atoms with van der Waals surface area (Å²) in [5.74, 6) is -0.674. The van der Waals surface area contributed by atoms with Gasteiger partial charge in [-0.2, -0.15) is 0 Å². The van der Waals surface area contributed by atoms with Gasteiger partial charge in [-0.1, -0.05) is 43.6 Å². The molecule has 0 aromatic heterocycles. The van der Waals surface area contributed by atoms with Gasteiger partial charge in [0.15, 0.2) is 0 Å². The van der Waals surface area contributed by atoms with Gasteiger partial charge in [-0.25, -0.2) is 0 Å². The predicted octanol–water partition coefficient (Wildman–Crippen LogP) is 4.32. The summed E-state index contributed by atoms with van der Waals surface area (Å²) in [5, 5.41) is 8.44. The van der Waals surface area contributed by atoms with Crippen molar-refractivity contribution in [1.82, 2.24) is 0 Å². The second-order valence-corrected chi connectivity index (χ2v) is 3.98. The SMILES string of the molecule is CC=CCC=CCCCCCCCC(=O)O. The second-order valence-electron chi connectivity index (χ2n) is 3.98. The van der Waals surface area contributed by atoms with E-state index in [0.29, 0.717) is 6.42 Å². The first-order valence-electron chi connectivity index (χ1n) is 6.25. The quantitative estimate of drug-likeness (QED) is 0.443. The van der Waals surface area contributed by atoms with Gasteiger partial charge in [-0.15, -0.1) is 0 Å². The Morgan fingerprint density at radius 1 is 1.00 bits per heavy atom. The fraction of sp³-hybridized carbons (Fsp3) is 0.643. The highest BCUT2D eigenvalue weighted by Crippen LogP contribution is 2.07. The van der Waals surface area contributed by atoms with Crippen molar-refractivity contribution in [3.05, 3.63) is 24.3 Å². The number of carbonyl (C=O) groups is 1. The van der Waals surface area contributed by atoms with Gasteiger partial charge < -0.3 is 5.11 Å². The number of carboxylic acid groups (broad SMARTS) is 1. The Morgan fingerprint density at radius 2 is 1.69 bits per heavy atom. The summed E-state index contributed by atoms with van der Waals surface area (Å²) >= 11 is 0. The Morgan fingerprint density at radius 3 is 2.38 bits per heavy atom. The number of hydrogen-bond acceptors (Lipinski definition) is 1. The molecular formula is C14H24O2. The lowest BCUT2D eigenvalue weighted by molar-refractivity contribution is -0.137. The first-order valence-corrected chi connectivity index (χ1v) is 6.25. The van der Waals surface area contributed by atoms with Gasteiger partial charge in [0.05, 0.1) is 0 Å². The lowest BCUT2D eigenvalue weighted by atomic mass is 10.1. The Bertz CT molecular complexity index is 217. The van der Waals surface area contributed by atoms with Crippen molar-refractivity contribution in [2.24, 2.45) is 0 Å². The number of carboxylic acids is 1. The molecule has 0 saturated carbocycles. The van der Waals surface area contributed by atoms with Crippen LogP contribution < -0.4 is 0 Å². The molecule has 0 aromatic carbocycles. The Labute approximate surface area is 99.1 Å². The Hall–Kier alpha value is -1.05. The summed E-state index contributed by atoms with van der Waals surface area (Å²) in [6, 6.07) is 0. The van der Waals surface area contributed by atoms with E-state index < -0.39 is 5.97 Å². The van der Waals surface area contributed by atoms with Crippen LogP contribution in [0.4, 0.5) is 0 Å². The van der Waals surface area contributed by atoms with Gasteiger partial charge in [0.2, 0.25) is 0 Å². The maximum Gasteiger partial charge on any atom is 0.303 e. The largest absolute Gasteiger partial charge is 0.481 e.